The highest BCUT2D eigenvalue weighted by atomic mass is 16.5. The van der Waals surface area contributed by atoms with E-state index in [-0.39, 0.29) is 11.9 Å². The Hall–Kier alpha value is -2.44. The van der Waals surface area contributed by atoms with E-state index in [9.17, 15) is 4.79 Å². The van der Waals surface area contributed by atoms with E-state index in [1.54, 1.807) is 0 Å². The molecule has 0 aliphatic carbocycles. The Kier molecular flexibility index (Phi) is 4.23. The van der Waals surface area contributed by atoms with Crippen LogP contribution in [0.15, 0.2) is 30.3 Å². The van der Waals surface area contributed by atoms with Gasteiger partial charge in [-0.05, 0) is 23.8 Å². The average Bonchev–Trinajstić information content (AvgIpc) is 2.89. The lowest BCUT2D eigenvalue weighted by Crippen LogP contribution is -2.13. The molecule has 1 heterocycles. The number of rotatable bonds is 6. The van der Waals surface area contributed by atoms with Crippen LogP contribution in [0.3, 0.4) is 0 Å². The van der Waals surface area contributed by atoms with Gasteiger partial charge in [0.2, 0.25) is 5.91 Å². The highest BCUT2D eigenvalue weighted by Crippen LogP contribution is 2.08. The number of ether oxygens (including phenoxy) is 1. The Bertz CT molecular complexity index is 471. The summed E-state index contributed by atoms with van der Waals surface area (Å²) in [7, 11) is 0. The molecule has 0 radical (unpaired) electrons. The lowest BCUT2D eigenvalue weighted by Gasteiger charge is -2.05. The van der Waals surface area contributed by atoms with Crippen LogP contribution >= 0.6 is 0 Å². The first-order chi connectivity index (χ1) is 8.84. The smallest absolute Gasteiger partial charge is 0.269 e. The van der Waals surface area contributed by atoms with E-state index in [4.69, 9.17) is 4.74 Å². The van der Waals surface area contributed by atoms with Gasteiger partial charge >= 0.3 is 0 Å². The number of nitrogens with one attached hydrogen (secondary N) is 2. The summed E-state index contributed by atoms with van der Waals surface area (Å²) in [6.45, 7) is 0.490. The van der Waals surface area contributed by atoms with Crippen molar-refractivity contribution in [1.29, 1.82) is 0 Å². The summed E-state index contributed by atoms with van der Waals surface area (Å²) in [4.78, 5) is 11.4. The molecule has 0 unspecified atom stereocenters. The number of aromatic amines is 1. The maximum Gasteiger partial charge on any atom is 0.269 e. The zero-order valence-electron chi connectivity index (χ0n) is 9.67. The molecule has 0 saturated heterocycles. The molecule has 1 aromatic heterocycles. The van der Waals surface area contributed by atoms with E-state index >= 15 is 0 Å². The molecule has 0 aliphatic heterocycles. The van der Waals surface area contributed by atoms with Crippen molar-refractivity contribution >= 4 is 11.9 Å². The summed E-state index contributed by atoms with van der Waals surface area (Å²) in [5.74, 6) is 0.827. The lowest BCUT2D eigenvalue weighted by molar-refractivity contribution is -0.116. The first kappa shape index (κ1) is 12.0. The van der Waals surface area contributed by atoms with Crippen molar-refractivity contribution < 1.29 is 9.53 Å². The fourth-order valence-electron chi connectivity index (χ4n) is 1.34. The van der Waals surface area contributed by atoms with Gasteiger partial charge in [0.1, 0.15) is 5.75 Å². The molecule has 7 nitrogen and oxygen atoms in total. The van der Waals surface area contributed by atoms with Crippen molar-refractivity contribution in [3.05, 3.63) is 30.3 Å². The van der Waals surface area contributed by atoms with Crippen molar-refractivity contribution in [1.82, 2.24) is 20.6 Å². The molecule has 0 atom stereocenters. The quantitative estimate of drug-likeness (QED) is 0.743. The van der Waals surface area contributed by atoms with E-state index in [0.29, 0.717) is 19.4 Å². The number of amides is 1. The highest BCUT2D eigenvalue weighted by Gasteiger charge is 2.05. The van der Waals surface area contributed by atoms with Crippen molar-refractivity contribution in [2.24, 2.45) is 0 Å². The van der Waals surface area contributed by atoms with Gasteiger partial charge in [-0.2, -0.15) is 5.21 Å². The van der Waals surface area contributed by atoms with E-state index in [0.717, 1.165) is 5.75 Å². The van der Waals surface area contributed by atoms with Gasteiger partial charge in [0.15, 0.2) is 0 Å². The van der Waals surface area contributed by atoms with Gasteiger partial charge in [-0.25, -0.2) is 0 Å². The second-order valence-corrected chi connectivity index (χ2v) is 3.55. The highest BCUT2D eigenvalue weighted by molar-refractivity contribution is 5.88. The molecule has 7 heteroatoms. The summed E-state index contributed by atoms with van der Waals surface area (Å²) in [6, 6.07) is 9.47. The maximum absolute atomic E-state index is 11.4. The van der Waals surface area contributed by atoms with Crippen molar-refractivity contribution in [2.75, 3.05) is 11.9 Å². The van der Waals surface area contributed by atoms with Crippen LogP contribution < -0.4 is 10.1 Å². The fourth-order valence-corrected chi connectivity index (χ4v) is 1.34. The second kappa shape index (κ2) is 6.33. The Labute approximate surface area is 104 Å². The van der Waals surface area contributed by atoms with Crippen molar-refractivity contribution in [2.45, 2.75) is 12.8 Å². The molecule has 94 valence electrons. The number of anilines is 1. The van der Waals surface area contributed by atoms with Crippen LogP contribution in [-0.2, 0) is 4.79 Å². The SMILES string of the molecule is O=C(CCCOc1ccccc1)Nc1nn[nH]n1. The molecule has 0 aliphatic rings. The minimum absolute atomic E-state index is 0.159. The van der Waals surface area contributed by atoms with Crippen LogP contribution in [0.4, 0.5) is 5.95 Å². The van der Waals surface area contributed by atoms with E-state index in [1.807, 2.05) is 30.3 Å². The predicted molar refractivity (Wildman–Crippen MR) is 64.0 cm³/mol. The van der Waals surface area contributed by atoms with Gasteiger partial charge in [-0.15, -0.1) is 5.10 Å². The zero-order chi connectivity index (χ0) is 12.6. The Balaban J connectivity index is 1.62. The van der Waals surface area contributed by atoms with Crippen molar-refractivity contribution in [3.8, 4) is 5.75 Å². The lowest BCUT2D eigenvalue weighted by atomic mass is 10.3. The Morgan fingerprint density at radius 1 is 1.33 bits per heavy atom. The summed E-state index contributed by atoms with van der Waals surface area (Å²) in [5, 5.41) is 15.3. The Morgan fingerprint density at radius 3 is 2.89 bits per heavy atom. The number of hydrogen-bond acceptors (Lipinski definition) is 5. The fraction of sp³-hybridized carbons (Fsp3) is 0.273. The first-order valence-corrected chi connectivity index (χ1v) is 5.56. The molecule has 0 bridgehead atoms. The van der Waals surface area contributed by atoms with Crippen LogP contribution in [0, 0.1) is 0 Å². The number of benzene rings is 1. The van der Waals surface area contributed by atoms with E-state index < -0.39 is 0 Å². The Morgan fingerprint density at radius 2 is 2.17 bits per heavy atom. The van der Waals surface area contributed by atoms with Gasteiger partial charge in [0, 0.05) is 6.42 Å². The molecule has 2 aromatic rings. The van der Waals surface area contributed by atoms with Gasteiger partial charge in [-0.3, -0.25) is 10.1 Å². The average molecular weight is 247 g/mol. The summed E-state index contributed by atoms with van der Waals surface area (Å²) < 4.78 is 5.46. The minimum Gasteiger partial charge on any atom is -0.494 e. The van der Waals surface area contributed by atoms with Crippen molar-refractivity contribution in [3.63, 3.8) is 0 Å². The van der Waals surface area contributed by atoms with E-state index in [1.165, 1.54) is 0 Å². The number of aromatic nitrogens is 4. The molecule has 18 heavy (non-hydrogen) atoms. The third-order valence-electron chi connectivity index (χ3n) is 2.16. The van der Waals surface area contributed by atoms with Crippen LogP contribution in [0.1, 0.15) is 12.8 Å². The number of carbonyl (C=O) groups excluding carboxylic acids is 1. The molecule has 0 fully saturated rings. The second-order valence-electron chi connectivity index (χ2n) is 3.55. The molecule has 1 aromatic carbocycles. The van der Waals surface area contributed by atoms with Crippen LogP contribution in [0.2, 0.25) is 0 Å². The third kappa shape index (κ3) is 3.85. The maximum atomic E-state index is 11.4. The molecule has 2 rings (SSSR count). The van der Waals surface area contributed by atoms with Gasteiger partial charge in [-0.1, -0.05) is 23.3 Å². The molecular formula is C11H13N5O2. The number of nitrogens with zero attached hydrogens (tertiary/aromatic N) is 3. The van der Waals surface area contributed by atoms with E-state index in [2.05, 4.69) is 25.9 Å². The number of H-pyrrole nitrogens is 1. The number of tetrazole rings is 1. The molecule has 2 N–H and O–H groups in total. The molecular weight excluding hydrogens is 234 g/mol. The summed E-state index contributed by atoms with van der Waals surface area (Å²) in [5.41, 5.74) is 0. The number of hydrogen-bond donors (Lipinski definition) is 2. The molecule has 0 saturated carbocycles. The van der Waals surface area contributed by atoms with Crippen LogP contribution in [0.5, 0.6) is 5.75 Å². The topological polar surface area (TPSA) is 92.8 Å². The van der Waals surface area contributed by atoms with Gasteiger partial charge in [0.25, 0.3) is 5.95 Å². The minimum atomic E-state index is -0.159. The third-order valence-corrected chi connectivity index (χ3v) is 2.16. The zero-order valence-corrected chi connectivity index (χ0v) is 9.67. The van der Waals surface area contributed by atoms with Gasteiger partial charge in [0.05, 0.1) is 6.61 Å². The monoisotopic (exact) mass is 247 g/mol. The van der Waals surface area contributed by atoms with Crippen LogP contribution in [-0.4, -0.2) is 33.1 Å². The predicted octanol–water partition coefficient (Wildman–Crippen LogP) is 0.997. The standard InChI is InChI=1S/C11H13N5O2/c17-10(12-11-13-15-16-14-11)7-4-8-18-9-5-2-1-3-6-9/h1-3,5-6H,4,7-8H2,(H2,12,13,14,15,16,17). The first-order valence-electron chi connectivity index (χ1n) is 5.56. The number of para-hydroxylation sites is 1. The van der Waals surface area contributed by atoms with Crippen LogP contribution in [0.25, 0.3) is 0 Å². The summed E-state index contributed by atoms with van der Waals surface area (Å²) >= 11 is 0. The summed E-state index contributed by atoms with van der Waals surface area (Å²) in [6.07, 6.45) is 0.972. The normalized spacial score (nSPS) is 10.0. The molecule has 1 amide bonds. The number of carbonyl (C=O) groups is 1. The van der Waals surface area contributed by atoms with Gasteiger partial charge < -0.3 is 4.74 Å². The molecule has 0 spiro atoms. The largest absolute Gasteiger partial charge is 0.494 e.